The highest BCUT2D eigenvalue weighted by atomic mass is 16.3. The number of hydrogen-bond acceptors (Lipinski definition) is 5. The van der Waals surface area contributed by atoms with Crippen LogP contribution in [0.4, 0.5) is 5.82 Å². The van der Waals surface area contributed by atoms with Gasteiger partial charge >= 0.3 is 0 Å². The molecule has 3 aliphatic rings. The predicted molar refractivity (Wildman–Crippen MR) is 110 cm³/mol. The van der Waals surface area contributed by atoms with Crippen LogP contribution in [0, 0.1) is 12.3 Å². The Hall–Kier alpha value is -2.58. The summed E-state index contributed by atoms with van der Waals surface area (Å²) >= 11 is 0. The normalized spacial score (nSPS) is 22.6. The molecule has 0 bridgehead atoms. The molecule has 144 valence electrons. The molecular weight excluding hydrogens is 348 g/mol. The summed E-state index contributed by atoms with van der Waals surface area (Å²) in [4.78, 5) is 2.62. The number of likely N-dealkylation sites (tertiary alicyclic amines) is 1. The number of nitrogens with zero attached hydrogens (tertiary/aromatic N) is 3. The number of benzene rings is 1. The molecule has 5 heteroatoms. The Labute approximate surface area is 166 Å². The second-order valence-electron chi connectivity index (χ2n) is 8.39. The van der Waals surface area contributed by atoms with E-state index in [0.717, 1.165) is 24.1 Å². The van der Waals surface area contributed by atoms with Crippen molar-refractivity contribution in [2.24, 2.45) is 0 Å². The van der Waals surface area contributed by atoms with E-state index < -0.39 is 0 Å². The lowest BCUT2D eigenvalue weighted by Crippen LogP contribution is -2.43. The van der Waals surface area contributed by atoms with Crippen LogP contribution in [0.25, 0.3) is 11.3 Å². The fourth-order valence-corrected chi connectivity index (χ4v) is 4.32. The molecule has 0 amide bonds. The van der Waals surface area contributed by atoms with Gasteiger partial charge in [0.05, 0.1) is 0 Å². The maximum absolute atomic E-state index is 10.4. The van der Waals surface area contributed by atoms with Crippen LogP contribution in [0.5, 0.6) is 5.75 Å². The smallest absolute Gasteiger partial charge is 0.149 e. The fourth-order valence-electron chi connectivity index (χ4n) is 4.32. The van der Waals surface area contributed by atoms with Crippen molar-refractivity contribution in [3.63, 3.8) is 0 Å². The third kappa shape index (κ3) is 3.57. The second kappa shape index (κ2) is 7.10. The van der Waals surface area contributed by atoms with Crippen LogP contribution < -0.4 is 5.32 Å². The van der Waals surface area contributed by atoms with E-state index in [4.69, 9.17) is 6.42 Å². The molecule has 1 aromatic carbocycles. The molecule has 0 unspecified atom stereocenters. The molecule has 5 rings (SSSR count). The van der Waals surface area contributed by atoms with Crippen molar-refractivity contribution in [1.82, 2.24) is 15.1 Å². The number of rotatable bonds is 5. The van der Waals surface area contributed by atoms with Gasteiger partial charge in [-0.05, 0) is 80.8 Å². The first-order valence-electron chi connectivity index (χ1n) is 10.4. The monoisotopic (exact) mass is 374 g/mol. The van der Waals surface area contributed by atoms with Gasteiger partial charge in [-0.3, -0.25) is 4.90 Å². The molecule has 0 spiro atoms. The van der Waals surface area contributed by atoms with Crippen LogP contribution >= 0.6 is 0 Å². The average Bonchev–Trinajstić information content (AvgIpc) is 3.61. The summed E-state index contributed by atoms with van der Waals surface area (Å²) in [5.74, 6) is 4.08. The van der Waals surface area contributed by atoms with Crippen LogP contribution in [0.15, 0.2) is 24.3 Å². The third-order valence-electron chi connectivity index (χ3n) is 6.13. The van der Waals surface area contributed by atoms with Gasteiger partial charge in [-0.2, -0.15) is 0 Å². The molecule has 2 heterocycles. The molecule has 2 aromatic rings. The molecule has 2 saturated carbocycles. The number of terminal acetylenes is 1. The van der Waals surface area contributed by atoms with E-state index in [1.54, 1.807) is 6.07 Å². The summed E-state index contributed by atoms with van der Waals surface area (Å²) in [6, 6.07) is 8.70. The molecule has 2 N–H and O–H groups in total. The molecule has 2 aliphatic carbocycles. The van der Waals surface area contributed by atoms with Gasteiger partial charge in [0, 0.05) is 29.8 Å². The zero-order chi connectivity index (χ0) is 19.1. The van der Waals surface area contributed by atoms with Crippen molar-refractivity contribution in [2.45, 2.75) is 56.5 Å². The van der Waals surface area contributed by atoms with Gasteiger partial charge in [0.15, 0.2) is 0 Å². The highest BCUT2D eigenvalue weighted by molar-refractivity contribution is 5.72. The first-order valence-corrected chi connectivity index (χ1v) is 10.4. The molecule has 28 heavy (non-hydrogen) atoms. The Morgan fingerprint density at radius 3 is 2.68 bits per heavy atom. The predicted octanol–water partition coefficient (Wildman–Crippen LogP) is 3.75. The third-order valence-corrected chi connectivity index (χ3v) is 6.13. The minimum absolute atomic E-state index is 0.166. The Kier molecular flexibility index (Phi) is 4.44. The first kappa shape index (κ1) is 17.5. The molecule has 3 fully saturated rings. The van der Waals surface area contributed by atoms with Crippen molar-refractivity contribution < 1.29 is 5.11 Å². The van der Waals surface area contributed by atoms with E-state index in [0.29, 0.717) is 23.1 Å². The van der Waals surface area contributed by atoms with E-state index >= 15 is 0 Å². The van der Waals surface area contributed by atoms with Crippen molar-refractivity contribution >= 4 is 5.82 Å². The van der Waals surface area contributed by atoms with Crippen LogP contribution in [-0.4, -0.2) is 45.4 Å². The fraction of sp³-hybridized carbons (Fsp3) is 0.478. The number of aromatic nitrogens is 2. The summed E-state index contributed by atoms with van der Waals surface area (Å²) in [6.07, 6.45) is 12.9. The minimum atomic E-state index is 0.166. The number of phenolic OH excluding ortho intramolecular Hbond substituents is 1. The molecule has 1 saturated heterocycles. The topological polar surface area (TPSA) is 61.3 Å². The molecule has 1 aromatic heterocycles. The number of phenols is 1. The van der Waals surface area contributed by atoms with Crippen LogP contribution in [0.3, 0.4) is 0 Å². The van der Waals surface area contributed by atoms with Crippen molar-refractivity contribution in [2.75, 3.05) is 18.4 Å². The van der Waals surface area contributed by atoms with E-state index in [1.165, 1.54) is 50.6 Å². The average molecular weight is 374 g/mol. The van der Waals surface area contributed by atoms with Crippen LogP contribution in [-0.2, 0) is 0 Å². The minimum Gasteiger partial charge on any atom is -0.507 e. The zero-order valence-electron chi connectivity index (χ0n) is 16.1. The standard InChI is InChI=1S/C23H26N4O/c1-2-15-5-10-19(21(28)12-15)23-20(16-6-7-16)13-22(25-26-23)24-17-4-3-11-27(14-17)18-8-9-18/h1,5,10,12-13,16-18,28H,3-4,6-9,11,14H2,(H,24,25)/t17-/m1/s1. The lowest BCUT2D eigenvalue weighted by atomic mass is 10.0. The number of nitrogens with one attached hydrogen (secondary N) is 1. The van der Waals surface area contributed by atoms with Gasteiger partial charge < -0.3 is 10.4 Å². The van der Waals surface area contributed by atoms with Gasteiger partial charge in [-0.1, -0.05) is 5.92 Å². The summed E-state index contributed by atoms with van der Waals surface area (Å²) in [7, 11) is 0. The van der Waals surface area contributed by atoms with E-state index in [1.807, 2.05) is 12.1 Å². The number of anilines is 1. The lowest BCUT2D eigenvalue weighted by molar-refractivity contribution is 0.207. The Balaban J connectivity index is 1.39. The van der Waals surface area contributed by atoms with Gasteiger partial charge in [-0.15, -0.1) is 16.6 Å². The molecule has 0 radical (unpaired) electrons. The summed E-state index contributed by atoms with van der Waals surface area (Å²) in [6.45, 7) is 2.33. The van der Waals surface area contributed by atoms with Gasteiger partial charge in [0.25, 0.3) is 0 Å². The molecular formula is C23H26N4O. The van der Waals surface area contributed by atoms with Crippen molar-refractivity contribution in [3.8, 4) is 29.4 Å². The zero-order valence-corrected chi connectivity index (χ0v) is 16.1. The Bertz CT molecular complexity index is 927. The summed E-state index contributed by atoms with van der Waals surface area (Å²) in [5, 5.41) is 23.0. The first-order chi connectivity index (χ1) is 13.7. The molecule has 5 nitrogen and oxygen atoms in total. The van der Waals surface area contributed by atoms with E-state index in [9.17, 15) is 5.11 Å². The maximum atomic E-state index is 10.4. The maximum Gasteiger partial charge on any atom is 0.149 e. The van der Waals surface area contributed by atoms with Crippen molar-refractivity contribution in [3.05, 3.63) is 35.4 Å². The SMILES string of the molecule is C#Cc1ccc(-c2nnc(N[C@@H]3CCCN(C4CC4)C3)cc2C2CC2)c(O)c1. The largest absolute Gasteiger partial charge is 0.507 e. The van der Waals surface area contributed by atoms with Crippen LogP contribution in [0.2, 0.25) is 0 Å². The van der Waals surface area contributed by atoms with E-state index in [2.05, 4.69) is 32.4 Å². The quantitative estimate of drug-likeness (QED) is 0.781. The summed E-state index contributed by atoms with van der Waals surface area (Å²) in [5.41, 5.74) is 3.32. The van der Waals surface area contributed by atoms with Crippen molar-refractivity contribution in [1.29, 1.82) is 0 Å². The van der Waals surface area contributed by atoms with Crippen LogP contribution in [0.1, 0.15) is 55.6 Å². The van der Waals surface area contributed by atoms with E-state index in [-0.39, 0.29) is 5.75 Å². The molecule has 1 aliphatic heterocycles. The number of piperidine rings is 1. The van der Waals surface area contributed by atoms with Gasteiger partial charge in [0.1, 0.15) is 17.3 Å². The molecule has 1 atom stereocenters. The number of aromatic hydroxyl groups is 1. The number of hydrogen-bond donors (Lipinski definition) is 2. The second-order valence-corrected chi connectivity index (χ2v) is 8.39. The summed E-state index contributed by atoms with van der Waals surface area (Å²) < 4.78 is 0. The highest BCUT2D eigenvalue weighted by Crippen LogP contribution is 2.45. The Morgan fingerprint density at radius 1 is 1.11 bits per heavy atom. The van der Waals surface area contributed by atoms with Gasteiger partial charge in [-0.25, -0.2) is 0 Å². The van der Waals surface area contributed by atoms with Gasteiger partial charge in [0.2, 0.25) is 0 Å². The lowest BCUT2D eigenvalue weighted by Gasteiger charge is -2.33. The Morgan fingerprint density at radius 2 is 1.96 bits per heavy atom. The highest BCUT2D eigenvalue weighted by Gasteiger charge is 2.33.